The Labute approximate surface area is 104 Å². The van der Waals surface area contributed by atoms with Gasteiger partial charge in [0.05, 0.1) is 0 Å². The summed E-state index contributed by atoms with van der Waals surface area (Å²) in [5.74, 6) is -0.283. The Morgan fingerprint density at radius 1 is 1.28 bits per heavy atom. The second kappa shape index (κ2) is 4.84. The van der Waals surface area contributed by atoms with E-state index in [0.717, 1.165) is 11.3 Å². The Morgan fingerprint density at radius 2 is 2.00 bits per heavy atom. The van der Waals surface area contributed by atoms with Crippen molar-refractivity contribution in [3.63, 3.8) is 0 Å². The molecule has 0 N–H and O–H groups in total. The number of ether oxygens (including phenoxy) is 1. The third-order valence-corrected chi connectivity index (χ3v) is 2.47. The number of aromatic nitrogens is 1. The molecule has 4 heteroatoms. The maximum atomic E-state index is 13.5. The molecule has 0 aliphatic carbocycles. The monoisotopic (exact) mass is 242 g/mol. The highest BCUT2D eigenvalue weighted by Crippen LogP contribution is 2.27. The van der Waals surface area contributed by atoms with Crippen molar-refractivity contribution >= 4 is 0 Å². The molecule has 0 atom stereocenters. The van der Waals surface area contributed by atoms with Crippen LogP contribution in [0.2, 0.25) is 0 Å². The molecule has 1 heterocycles. The fraction of sp³-hybridized carbons (Fsp3) is 0.143. The molecule has 0 amide bonds. The summed E-state index contributed by atoms with van der Waals surface area (Å²) in [6.45, 7) is 3.59. The maximum Gasteiger partial charge on any atom is 0.237 e. The molecule has 18 heavy (non-hydrogen) atoms. The smallest absolute Gasteiger partial charge is 0.237 e. The second-order valence-electron chi connectivity index (χ2n) is 3.90. The highest BCUT2D eigenvalue weighted by Gasteiger charge is 2.12. The molecule has 1 aromatic heterocycles. The number of halogens is 1. The highest BCUT2D eigenvalue weighted by molar-refractivity contribution is 5.46. The van der Waals surface area contributed by atoms with E-state index in [2.05, 4.69) is 4.98 Å². The molecule has 0 saturated carbocycles. The average molecular weight is 242 g/mol. The first-order valence-corrected chi connectivity index (χ1v) is 5.42. The van der Waals surface area contributed by atoms with Crippen LogP contribution in [0.4, 0.5) is 4.39 Å². The van der Waals surface area contributed by atoms with Crippen LogP contribution in [-0.4, -0.2) is 4.98 Å². The number of rotatable bonds is 2. The zero-order valence-electron chi connectivity index (χ0n) is 10.1. The van der Waals surface area contributed by atoms with Crippen molar-refractivity contribution in [2.45, 2.75) is 13.8 Å². The van der Waals surface area contributed by atoms with Crippen LogP contribution < -0.4 is 4.74 Å². The molecule has 0 saturated heterocycles. The number of nitrogens with zero attached hydrogens (tertiary/aromatic N) is 2. The third kappa shape index (κ3) is 2.30. The number of hydrogen-bond donors (Lipinski definition) is 0. The van der Waals surface area contributed by atoms with Crippen LogP contribution in [0.3, 0.4) is 0 Å². The number of aryl methyl sites for hydroxylation is 2. The lowest BCUT2D eigenvalue weighted by molar-refractivity contribution is 0.425. The molecule has 0 spiro atoms. The van der Waals surface area contributed by atoms with E-state index in [4.69, 9.17) is 10.00 Å². The van der Waals surface area contributed by atoms with Gasteiger partial charge in [-0.1, -0.05) is 12.1 Å². The first kappa shape index (κ1) is 12.1. The van der Waals surface area contributed by atoms with Gasteiger partial charge in [0.1, 0.15) is 11.6 Å². The van der Waals surface area contributed by atoms with Gasteiger partial charge in [-0.3, -0.25) is 0 Å². The summed E-state index contributed by atoms with van der Waals surface area (Å²) in [5, 5.41) is 9.07. The first-order valence-electron chi connectivity index (χ1n) is 5.42. The summed E-state index contributed by atoms with van der Waals surface area (Å²) in [5.41, 5.74) is 1.80. The molecule has 1 aromatic carbocycles. The van der Waals surface area contributed by atoms with Crippen molar-refractivity contribution in [2.75, 3.05) is 0 Å². The van der Waals surface area contributed by atoms with E-state index in [1.807, 2.05) is 6.07 Å². The number of pyridine rings is 1. The predicted molar refractivity (Wildman–Crippen MR) is 64.9 cm³/mol. The number of benzene rings is 1. The van der Waals surface area contributed by atoms with Gasteiger partial charge in [0.2, 0.25) is 5.88 Å². The SMILES string of the molecule is Cc1cc(C)c(C#N)c(Oc2ccccc2F)n1. The lowest BCUT2D eigenvalue weighted by Gasteiger charge is -2.09. The van der Waals surface area contributed by atoms with Crippen molar-refractivity contribution in [2.24, 2.45) is 0 Å². The number of nitriles is 1. The largest absolute Gasteiger partial charge is 0.435 e. The minimum Gasteiger partial charge on any atom is -0.435 e. The molecule has 0 radical (unpaired) electrons. The Morgan fingerprint density at radius 3 is 2.67 bits per heavy atom. The zero-order valence-corrected chi connectivity index (χ0v) is 10.1. The van der Waals surface area contributed by atoms with E-state index in [9.17, 15) is 4.39 Å². The standard InChI is InChI=1S/C14H11FN2O/c1-9-7-10(2)17-14(11(9)8-16)18-13-6-4-3-5-12(13)15/h3-7H,1-2H3. The van der Waals surface area contributed by atoms with Gasteiger partial charge < -0.3 is 4.74 Å². The summed E-state index contributed by atoms with van der Waals surface area (Å²) in [7, 11) is 0. The minimum atomic E-state index is -0.484. The minimum absolute atomic E-state index is 0.0616. The molecule has 2 aromatic rings. The van der Waals surface area contributed by atoms with Crippen molar-refractivity contribution < 1.29 is 9.13 Å². The van der Waals surface area contributed by atoms with Crippen molar-refractivity contribution in [3.8, 4) is 17.7 Å². The predicted octanol–water partition coefficient (Wildman–Crippen LogP) is 3.50. The van der Waals surface area contributed by atoms with Gasteiger partial charge in [-0.15, -0.1) is 0 Å². The molecule has 3 nitrogen and oxygen atoms in total. The fourth-order valence-electron chi connectivity index (χ4n) is 1.64. The first-order chi connectivity index (χ1) is 8.61. The molecule has 0 fully saturated rings. The lowest BCUT2D eigenvalue weighted by Crippen LogP contribution is -1.98. The van der Waals surface area contributed by atoms with Gasteiger partial charge >= 0.3 is 0 Å². The summed E-state index contributed by atoms with van der Waals surface area (Å²) < 4.78 is 18.9. The zero-order chi connectivity index (χ0) is 13.1. The lowest BCUT2D eigenvalue weighted by atomic mass is 10.1. The Kier molecular flexibility index (Phi) is 3.24. The van der Waals surface area contributed by atoms with E-state index in [-0.39, 0.29) is 11.6 Å². The third-order valence-electron chi connectivity index (χ3n) is 2.47. The van der Waals surface area contributed by atoms with Crippen molar-refractivity contribution in [1.29, 1.82) is 5.26 Å². The van der Waals surface area contributed by atoms with Crippen molar-refractivity contribution in [1.82, 2.24) is 4.98 Å². The van der Waals surface area contributed by atoms with Crippen LogP contribution in [-0.2, 0) is 0 Å². The second-order valence-corrected chi connectivity index (χ2v) is 3.90. The van der Waals surface area contributed by atoms with Gasteiger partial charge in [0, 0.05) is 5.69 Å². The van der Waals surface area contributed by atoms with Crippen LogP contribution in [0.1, 0.15) is 16.8 Å². The molecule has 0 aliphatic rings. The molecule has 90 valence electrons. The van der Waals surface area contributed by atoms with Crippen LogP contribution >= 0.6 is 0 Å². The van der Waals surface area contributed by atoms with Crippen LogP contribution in [0, 0.1) is 31.0 Å². The maximum absolute atomic E-state index is 13.5. The van der Waals surface area contributed by atoms with Gasteiger partial charge in [-0.25, -0.2) is 9.37 Å². The molecule has 0 aliphatic heterocycles. The normalized spacial score (nSPS) is 9.89. The molecule has 0 unspecified atom stereocenters. The van der Waals surface area contributed by atoms with E-state index in [0.29, 0.717) is 5.56 Å². The topological polar surface area (TPSA) is 45.9 Å². The van der Waals surface area contributed by atoms with Crippen molar-refractivity contribution in [3.05, 3.63) is 53.0 Å². The summed E-state index contributed by atoms with van der Waals surface area (Å²) in [4.78, 5) is 4.13. The van der Waals surface area contributed by atoms with E-state index < -0.39 is 5.82 Å². The van der Waals surface area contributed by atoms with Gasteiger partial charge in [0.25, 0.3) is 0 Å². The Hall–Kier alpha value is -2.41. The molecule has 2 rings (SSSR count). The molecular formula is C14H11FN2O. The van der Waals surface area contributed by atoms with E-state index >= 15 is 0 Å². The summed E-state index contributed by atoms with van der Waals surface area (Å²) in [6.07, 6.45) is 0. The van der Waals surface area contributed by atoms with E-state index in [1.165, 1.54) is 12.1 Å². The van der Waals surface area contributed by atoms with E-state index in [1.54, 1.807) is 32.0 Å². The fourth-order valence-corrected chi connectivity index (χ4v) is 1.64. The Bertz CT molecular complexity index is 632. The van der Waals surface area contributed by atoms with Gasteiger partial charge in [0.15, 0.2) is 11.6 Å². The van der Waals surface area contributed by atoms with Gasteiger partial charge in [-0.05, 0) is 37.6 Å². The van der Waals surface area contributed by atoms with Crippen LogP contribution in [0.25, 0.3) is 0 Å². The molecule has 0 bridgehead atoms. The molecular weight excluding hydrogens is 231 g/mol. The summed E-state index contributed by atoms with van der Waals surface area (Å²) >= 11 is 0. The Balaban J connectivity index is 2.47. The average Bonchev–Trinajstić information content (AvgIpc) is 2.31. The summed E-state index contributed by atoms with van der Waals surface area (Å²) in [6, 6.07) is 9.83. The number of para-hydroxylation sites is 1. The van der Waals surface area contributed by atoms with Gasteiger partial charge in [-0.2, -0.15) is 5.26 Å². The number of hydrogen-bond acceptors (Lipinski definition) is 3. The van der Waals surface area contributed by atoms with Crippen LogP contribution in [0.5, 0.6) is 11.6 Å². The van der Waals surface area contributed by atoms with Crippen LogP contribution in [0.15, 0.2) is 30.3 Å². The quantitative estimate of drug-likeness (QED) is 0.809. The highest BCUT2D eigenvalue weighted by atomic mass is 19.1.